The molecule has 1 aromatic heterocycles. The fraction of sp³-hybridized carbons (Fsp3) is 0.263. The first-order valence-corrected chi connectivity index (χ1v) is 8.03. The maximum atomic E-state index is 10.4. The van der Waals surface area contributed by atoms with Gasteiger partial charge in [-0.15, -0.1) is 0 Å². The molecule has 0 amide bonds. The van der Waals surface area contributed by atoms with Crippen LogP contribution < -0.4 is 10.1 Å². The molecule has 3 rings (SSSR count). The molecule has 1 atom stereocenters. The van der Waals surface area contributed by atoms with E-state index in [4.69, 9.17) is 4.74 Å². The van der Waals surface area contributed by atoms with Gasteiger partial charge in [0.25, 0.3) is 0 Å². The van der Waals surface area contributed by atoms with Gasteiger partial charge in [-0.05, 0) is 37.6 Å². The molecule has 124 valence electrons. The molecule has 0 aliphatic rings. The van der Waals surface area contributed by atoms with Crippen LogP contribution in [0.3, 0.4) is 0 Å². The lowest BCUT2D eigenvalue weighted by Gasteiger charge is -2.16. The van der Waals surface area contributed by atoms with E-state index in [1.165, 1.54) is 7.11 Å². The van der Waals surface area contributed by atoms with Crippen LogP contribution in [0.4, 0.5) is 5.82 Å². The van der Waals surface area contributed by atoms with E-state index in [1.807, 2.05) is 30.3 Å². The molecule has 2 N–H and O–H groups in total. The molecule has 5 nitrogen and oxygen atoms in total. The molecule has 0 fully saturated rings. The van der Waals surface area contributed by atoms with E-state index in [0.717, 1.165) is 23.1 Å². The minimum atomic E-state index is 0.0461. The van der Waals surface area contributed by atoms with Crippen molar-refractivity contribution in [1.82, 2.24) is 9.97 Å². The smallest absolute Gasteiger partial charge is 0.168 e. The molecular weight excluding hydrogens is 302 g/mol. The number of benzene rings is 2. The number of ether oxygens (including phenoxy) is 1. The number of nitrogens with zero attached hydrogens (tertiary/aromatic N) is 2. The Balaban J connectivity index is 2.19. The van der Waals surface area contributed by atoms with Crippen LogP contribution in [0, 0.1) is 0 Å². The average Bonchev–Trinajstić information content (AvgIpc) is 2.61. The van der Waals surface area contributed by atoms with Crippen LogP contribution in [0.2, 0.25) is 0 Å². The van der Waals surface area contributed by atoms with Gasteiger partial charge in [-0.25, -0.2) is 9.97 Å². The second-order valence-corrected chi connectivity index (χ2v) is 5.72. The van der Waals surface area contributed by atoms with Crippen molar-refractivity contribution in [2.75, 3.05) is 12.4 Å². The summed E-state index contributed by atoms with van der Waals surface area (Å²) in [6, 6.07) is 13.4. The first kappa shape index (κ1) is 16.1. The zero-order chi connectivity index (χ0) is 17.1. The second kappa shape index (κ2) is 6.74. The van der Waals surface area contributed by atoms with Gasteiger partial charge in [-0.3, -0.25) is 0 Å². The standard InChI is InChI=1S/C19H21N3O2/c1-4-12(2)20-18-13-8-5-6-10-15(13)21-19(22-18)14-9-7-11-16(24-3)17(14)23/h5-12,23H,4H2,1-3H3,(H,20,21,22). The lowest BCUT2D eigenvalue weighted by molar-refractivity contribution is 0.374. The van der Waals surface area contributed by atoms with E-state index >= 15 is 0 Å². The van der Waals surface area contributed by atoms with Crippen LogP contribution >= 0.6 is 0 Å². The predicted molar refractivity (Wildman–Crippen MR) is 96.6 cm³/mol. The second-order valence-electron chi connectivity index (χ2n) is 5.72. The summed E-state index contributed by atoms with van der Waals surface area (Å²) in [7, 11) is 1.52. The number of aromatic nitrogens is 2. The van der Waals surface area contributed by atoms with Gasteiger partial charge in [0.15, 0.2) is 17.3 Å². The van der Waals surface area contributed by atoms with E-state index in [1.54, 1.807) is 12.1 Å². The number of fused-ring (bicyclic) bond motifs is 1. The van der Waals surface area contributed by atoms with Crippen molar-refractivity contribution in [2.24, 2.45) is 0 Å². The minimum absolute atomic E-state index is 0.0461. The van der Waals surface area contributed by atoms with E-state index < -0.39 is 0 Å². The fourth-order valence-electron chi connectivity index (χ4n) is 2.51. The van der Waals surface area contributed by atoms with Crippen molar-refractivity contribution < 1.29 is 9.84 Å². The maximum absolute atomic E-state index is 10.4. The molecule has 0 saturated carbocycles. The Morgan fingerprint density at radius 2 is 1.92 bits per heavy atom. The number of anilines is 1. The SMILES string of the molecule is CCC(C)Nc1nc(-c2cccc(OC)c2O)nc2ccccc12. The molecule has 5 heteroatoms. The van der Waals surface area contributed by atoms with Gasteiger partial charge >= 0.3 is 0 Å². The summed E-state index contributed by atoms with van der Waals surface area (Å²) in [6.07, 6.45) is 0.984. The Kier molecular flexibility index (Phi) is 4.51. The third-order valence-corrected chi connectivity index (χ3v) is 4.06. The lowest BCUT2D eigenvalue weighted by atomic mass is 10.1. The lowest BCUT2D eigenvalue weighted by Crippen LogP contribution is -2.15. The number of phenols is 1. The van der Waals surface area contributed by atoms with Crippen LogP contribution in [0.5, 0.6) is 11.5 Å². The van der Waals surface area contributed by atoms with Gasteiger partial charge in [0, 0.05) is 11.4 Å². The summed E-state index contributed by atoms with van der Waals surface area (Å²) >= 11 is 0. The zero-order valence-corrected chi connectivity index (χ0v) is 14.1. The minimum Gasteiger partial charge on any atom is -0.504 e. The Morgan fingerprint density at radius 1 is 1.12 bits per heavy atom. The molecule has 0 saturated heterocycles. The Bertz CT molecular complexity index is 864. The monoisotopic (exact) mass is 323 g/mol. The summed E-state index contributed by atoms with van der Waals surface area (Å²) in [5.41, 5.74) is 1.38. The quantitative estimate of drug-likeness (QED) is 0.736. The van der Waals surface area contributed by atoms with Crippen molar-refractivity contribution in [3.8, 4) is 22.9 Å². The molecular formula is C19H21N3O2. The van der Waals surface area contributed by atoms with Crippen molar-refractivity contribution in [3.63, 3.8) is 0 Å². The summed E-state index contributed by atoms with van der Waals surface area (Å²) in [5, 5.41) is 14.8. The predicted octanol–water partition coefficient (Wildman–Crippen LogP) is 4.22. The zero-order valence-electron chi connectivity index (χ0n) is 14.1. The normalized spacial score (nSPS) is 12.1. The van der Waals surface area contributed by atoms with Crippen molar-refractivity contribution in [1.29, 1.82) is 0 Å². The van der Waals surface area contributed by atoms with Crippen LogP contribution in [0.25, 0.3) is 22.3 Å². The first-order valence-electron chi connectivity index (χ1n) is 8.03. The van der Waals surface area contributed by atoms with Gasteiger partial charge in [-0.1, -0.05) is 25.1 Å². The molecule has 0 radical (unpaired) electrons. The molecule has 1 heterocycles. The number of phenolic OH excluding ortho intramolecular Hbond substituents is 1. The first-order chi connectivity index (χ1) is 11.6. The van der Waals surface area contributed by atoms with Gasteiger partial charge in [-0.2, -0.15) is 0 Å². The highest BCUT2D eigenvalue weighted by Crippen LogP contribution is 2.36. The molecule has 3 aromatic rings. The topological polar surface area (TPSA) is 67.3 Å². The van der Waals surface area contributed by atoms with Crippen LogP contribution in [0.15, 0.2) is 42.5 Å². The summed E-state index contributed by atoms with van der Waals surface area (Å²) in [6.45, 7) is 4.23. The number of nitrogens with one attached hydrogen (secondary N) is 1. The molecule has 1 unspecified atom stereocenters. The maximum Gasteiger partial charge on any atom is 0.168 e. The van der Waals surface area contributed by atoms with Gasteiger partial charge in [0.05, 0.1) is 18.2 Å². The third kappa shape index (κ3) is 2.97. The number of rotatable bonds is 5. The summed E-state index contributed by atoms with van der Waals surface area (Å²) in [5.74, 6) is 1.69. The molecule has 0 spiro atoms. The summed E-state index contributed by atoms with van der Waals surface area (Å²) < 4.78 is 5.19. The van der Waals surface area contributed by atoms with Crippen LogP contribution in [-0.4, -0.2) is 28.2 Å². The number of hydrogen-bond acceptors (Lipinski definition) is 5. The summed E-state index contributed by atoms with van der Waals surface area (Å²) in [4.78, 5) is 9.27. The Hall–Kier alpha value is -2.82. The molecule has 24 heavy (non-hydrogen) atoms. The highest BCUT2D eigenvalue weighted by Gasteiger charge is 2.15. The number of methoxy groups -OCH3 is 1. The van der Waals surface area contributed by atoms with E-state index in [2.05, 4.69) is 29.1 Å². The highest BCUT2D eigenvalue weighted by molar-refractivity contribution is 5.91. The average molecular weight is 323 g/mol. The Labute approximate surface area is 141 Å². The highest BCUT2D eigenvalue weighted by atomic mass is 16.5. The molecule has 2 aromatic carbocycles. The van der Waals surface area contributed by atoms with Crippen LogP contribution in [-0.2, 0) is 0 Å². The van der Waals surface area contributed by atoms with Gasteiger partial charge in [0.1, 0.15) is 5.82 Å². The number of hydrogen-bond donors (Lipinski definition) is 2. The largest absolute Gasteiger partial charge is 0.504 e. The van der Waals surface area contributed by atoms with Crippen molar-refractivity contribution in [3.05, 3.63) is 42.5 Å². The van der Waals surface area contributed by atoms with Gasteiger partial charge in [0.2, 0.25) is 0 Å². The fourth-order valence-corrected chi connectivity index (χ4v) is 2.51. The van der Waals surface area contributed by atoms with Crippen molar-refractivity contribution in [2.45, 2.75) is 26.3 Å². The van der Waals surface area contributed by atoms with Crippen LogP contribution in [0.1, 0.15) is 20.3 Å². The van der Waals surface area contributed by atoms with E-state index in [0.29, 0.717) is 17.1 Å². The van der Waals surface area contributed by atoms with E-state index in [-0.39, 0.29) is 11.8 Å². The molecule has 0 bridgehead atoms. The van der Waals surface area contributed by atoms with E-state index in [9.17, 15) is 5.11 Å². The molecule has 0 aliphatic carbocycles. The van der Waals surface area contributed by atoms with Crippen molar-refractivity contribution >= 4 is 16.7 Å². The third-order valence-electron chi connectivity index (χ3n) is 4.06. The number of aromatic hydroxyl groups is 1. The Morgan fingerprint density at radius 3 is 2.67 bits per heavy atom. The molecule has 0 aliphatic heterocycles. The van der Waals surface area contributed by atoms with Gasteiger partial charge < -0.3 is 15.2 Å². The number of para-hydroxylation sites is 2.